The molecule has 1 amide bonds. The predicted octanol–water partition coefficient (Wildman–Crippen LogP) is 3.61. The average molecular weight is 360 g/mol. The van der Waals surface area contributed by atoms with Crippen LogP contribution in [0.5, 0.6) is 0 Å². The van der Waals surface area contributed by atoms with E-state index in [1.165, 1.54) is 11.3 Å². The van der Waals surface area contributed by atoms with Gasteiger partial charge in [0.2, 0.25) is 0 Å². The molecule has 0 radical (unpaired) electrons. The molecule has 2 aromatic rings. The molecular weight excluding hydrogens is 340 g/mol. The van der Waals surface area contributed by atoms with Crippen molar-refractivity contribution in [3.63, 3.8) is 0 Å². The van der Waals surface area contributed by atoms with Gasteiger partial charge in [0.05, 0.1) is 5.41 Å². The van der Waals surface area contributed by atoms with Crippen molar-refractivity contribution in [2.24, 2.45) is 0 Å². The van der Waals surface area contributed by atoms with Gasteiger partial charge in [-0.2, -0.15) is 0 Å². The molecule has 1 fully saturated rings. The number of hydrogen-bond acceptors (Lipinski definition) is 5. The van der Waals surface area contributed by atoms with Crippen LogP contribution in [0.1, 0.15) is 53.9 Å². The maximum Gasteiger partial charge on any atom is 0.313 e. The second-order valence-corrected chi connectivity index (χ2v) is 7.42. The minimum absolute atomic E-state index is 0.00378. The summed E-state index contributed by atoms with van der Waals surface area (Å²) in [5.74, 6) is -1.18. The molecule has 0 bridgehead atoms. The number of aliphatic carboxylic acids is 1. The number of nitrogens with one attached hydrogen (secondary N) is 1. The summed E-state index contributed by atoms with van der Waals surface area (Å²) in [5, 5.41) is 14.6. The zero-order valence-corrected chi connectivity index (χ0v) is 14.9. The number of rotatable bonds is 5. The van der Waals surface area contributed by atoms with E-state index in [1.54, 1.807) is 43.5 Å². The number of thiazole rings is 1. The van der Waals surface area contributed by atoms with E-state index in [1.807, 2.05) is 0 Å². The van der Waals surface area contributed by atoms with Gasteiger partial charge in [-0.15, -0.1) is 11.3 Å². The van der Waals surface area contributed by atoms with Gasteiger partial charge in [0.15, 0.2) is 0 Å². The highest BCUT2D eigenvalue weighted by atomic mass is 32.1. The third-order valence-corrected chi connectivity index (χ3v) is 5.30. The highest BCUT2D eigenvalue weighted by Gasteiger charge is 2.29. The largest absolute Gasteiger partial charge is 0.481 e. The highest BCUT2D eigenvalue weighted by molar-refractivity contribution is 7.09. The van der Waals surface area contributed by atoms with Crippen LogP contribution in [0, 0.1) is 0 Å². The van der Waals surface area contributed by atoms with E-state index in [-0.39, 0.29) is 12.0 Å². The number of nitrogens with zero attached hydrogens (tertiary/aromatic N) is 1. The topological polar surface area (TPSA) is 88.5 Å². The summed E-state index contributed by atoms with van der Waals surface area (Å²) in [6.07, 6.45) is 1.96. The normalized spacial score (nSPS) is 17.4. The van der Waals surface area contributed by atoms with E-state index >= 15 is 0 Å². The Hall–Kier alpha value is -2.25. The zero-order valence-electron chi connectivity index (χ0n) is 14.1. The molecule has 25 heavy (non-hydrogen) atoms. The van der Waals surface area contributed by atoms with Crippen molar-refractivity contribution in [3.05, 3.63) is 45.9 Å². The Kier molecular flexibility index (Phi) is 4.87. The minimum atomic E-state index is -0.979. The Morgan fingerprint density at radius 2 is 2.04 bits per heavy atom. The van der Waals surface area contributed by atoms with Crippen molar-refractivity contribution < 1.29 is 19.4 Å². The minimum Gasteiger partial charge on any atom is -0.481 e. The maximum atomic E-state index is 12.3. The Morgan fingerprint density at radius 1 is 1.32 bits per heavy atom. The average Bonchev–Trinajstić information content (AvgIpc) is 3.26. The molecule has 7 heteroatoms. The van der Waals surface area contributed by atoms with E-state index in [2.05, 4.69) is 10.3 Å². The lowest BCUT2D eigenvalue weighted by molar-refractivity contribution is -0.142. The Morgan fingerprint density at radius 3 is 2.64 bits per heavy atom. The van der Waals surface area contributed by atoms with Gasteiger partial charge in [0.1, 0.15) is 16.8 Å². The van der Waals surface area contributed by atoms with E-state index < -0.39 is 11.4 Å². The number of aromatic nitrogens is 1. The third-order valence-electron chi connectivity index (χ3n) is 4.36. The molecule has 1 atom stereocenters. The van der Waals surface area contributed by atoms with E-state index in [0.29, 0.717) is 16.9 Å². The van der Waals surface area contributed by atoms with Crippen LogP contribution in [0.2, 0.25) is 0 Å². The summed E-state index contributed by atoms with van der Waals surface area (Å²) in [6.45, 7) is 4.03. The second kappa shape index (κ2) is 6.93. The van der Waals surface area contributed by atoms with Crippen molar-refractivity contribution >= 4 is 28.9 Å². The monoisotopic (exact) mass is 360 g/mol. The van der Waals surface area contributed by atoms with Crippen LogP contribution in [-0.2, 0) is 14.9 Å². The van der Waals surface area contributed by atoms with Gasteiger partial charge >= 0.3 is 5.97 Å². The van der Waals surface area contributed by atoms with Crippen molar-refractivity contribution in [1.29, 1.82) is 0 Å². The lowest BCUT2D eigenvalue weighted by Crippen LogP contribution is -2.28. The van der Waals surface area contributed by atoms with Crippen molar-refractivity contribution in [1.82, 2.24) is 4.98 Å². The Labute approximate surface area is 149 Å². The van der Waals surface area contributed by atoms with Gasteiger partial charge in [0, 0.05) is 17.7 Å². The number of benzene rings is 1. The van der Waals surface area contributed by atoms with E-state index in [9.17, 15) is 14.7 Å². The number of carboxylic acid groups (broad SMARTS) is 1. The molecule has 132 valence electrons. The molecule has 1 saturated heterocycles. The summed E-state index contributed by atoms with van der Waals surface area (Å²) >= 11 is 1.43. The molecule has 0 aliphatic carbocycles. The molecule has 2 heterocycles. The summed E-state index contributed by atoms with van der Waals surface area (Å²) in [5.41, 5.74) is 0.660. The third kappa shape index (κ3) is 3.72. The first-order valence-corrected chi connectivity index (χ1v) is 8.98. The standard InChI is InChI=1S/C18H20N2O4S/c1-18(2,17(22)23)11-5-7-12(8-6-11)19-15(21)13-10-25-16(20-13)14-4-3-9-24-14/h5-8,10,14H,3-4,9H2,1-2H3,(H,19,21)(H,22,23). The number of anilines is 1. The number of carbonyl (C=O) groups is 2. The first kappa shape index (κ1) is 17.6. The zero-order chi connectivity index (χ0) is 18.0. The molecular formula is C18H20N2O4S. The number of carbonyl (C=O) groups excluding carboxylic acids is 1. The molecule has 0 spiro atoms. The van der Waals surface area contributed by atoms with E-state index in [4.69, 9.17) is 4.74 Å². The fraction of sp³-hybridized carbons (Fsp3) is 0.389. The summed E-state index contributed by atoms with van der Waals surface area (Å²) in [6, 6.07) is 6.82. The molecule has 1 aliphatic heterocycles. The maximum absolute atomic E-state index is 12.3. The number of ether oxygens (including phenoxy) is 1. The lowest BCUT2D eigenvalue weighted by Gasteiger charge is -2.19. The molecule has 1 aromatic carbocycles. The molecule has 1 unspecified atom stereocenters. The summed E-state index contributed by atoms with van der Waals surface area (Å²) < 4.78 is 5.58. The van der Waals surface area contributed by atoms with Crippen LogP contribution in [-0.4, -0.2) is 28.6 Å². The Bertz CT molecular complexity index is 777. The molecule has 6 nitrogen and oxygen atoms in total. The van der Waals surface area contributed by atoms with Crippen LogP contribution >= 0.6 is 11.3 Å². The fourth-order valence-electron chi connectivity index (χ4n) is 2.60. The molecule has 2 N–H and O–H groups in total. The van der Waals surface area contributed by atoms with Gasteiger partial charge in [-0.1, -0.05) is 12.1 Å². The smallest absolute Gasteiger partial charge is 0.313 e. The van der Waals surface area contributed by atoms with Crippen LogP contribution < -0.4 is 5.32 Å². The van der Waals surface area contributed by atoms with Gasteiger partial charge < -0.3 is 15.2 Å². The highest BCUT2D eigenvalue weighted by Crippen LogP contribution is 2.31. The molecule has 1 aliphatic rings. The number of carboxylic acids is 1. The van der Waals surface area contributed by atoms with E-state index in [0.717, 1.165) is 24.5 Å². The SMILES string of the molecule is CC(C)(C(=O)O)c1ccc(NC(=O)c2csc(C3CCCO3)n2)cc1. The number of hydrogen-bond donors (Lipinski definition) is 2. The predicted molar refractivity (Wildman–Crippen MR) is 95.1 cm³/mol. The van der Waals surface area contributed by atoms with Crippen LogP contribution in [0.3, 0.4) is 0 Å². The molecule has 1 aromatic heterocycles. The molecule has 0 saturated carbocycles. The quantitative estimate of drug-likeness (QED) is 0.850. The van der Waals surface area contributed by atoms with Gasteiger partial charge in [-0.05, 0) is 44.4 Å². The van der Waals surface area contributed by atoms with Gasteiger partial charge in [-0.3, -0.25) is 9.59 Å². The van der Waals surface area contributed by atoms with Crippen LogP contribution in [0.25, 0.3) is 0 Å². The summed E-state index contributed by atoms with van der Waals surface area (Å²) in [7, 11) is 0. The Balaban J connectivity index is 1.68. The van der Waals surface area contributed by atoms with Crippen molar-refractivity contribution in [3.8, 4) is 0 Å². The number of amides is 1. The van der Waals surface area contributed by atoms with Crippen LogP contribution in [0.15, 0.2) is 29.6 Å². The molecule has 3 rings (SSSR count). The first-order valence-electron chi connectivity index (χ1n) is 8.10. The van der Waals surface area contributed by atoms with Gasteiger partial charge in [0.25, 0.3) is 5.91 Å². The van der Waals surface area contributed by atoms with Crippen molar-refractivity contribution in [2.75, 3.05) is 11.9 Å². The van der Waals surface area contributed by atoms with Crippen LogP contribution in [0.4, 0.5) is 5.69 Å². The van der Waals surface area contributed by atoms with Crippen molar-refractivity contribution in [2.45, 2.75) is 38.2 Å². The fourth-order valence-corrected chi connectivity index (χ4v) is 3.48. The summed E-state index contributed by atoms with van der Waals surface area (Å²) in [4.78, 5) is 28.0. The second-order valence-electron chi connectivity index (χ2n) is 6.53. The lowest BCUT2D eigenvalue weighted by atomic mass is 9.85. The first-order chi connectivity index (χ1) is 11.9. The van der Waals surface area contributed by atoms with Gasteiger partial charge in [-0.25, -0.2) is 4.98 Å².